The molecule has 0 saturated heterocycles. The van der Waals surface area contributed by atoms with Gasteiger partial charge < -0.3 is 14.6 Å². The van der Waals surface area contributed by atoms with Crippen LogP contribution in [-0.4, -0.2) is 37.0 Å². The summed E-state index contributed by atoms with van der Waals surface area (Å²) in [7, 11) is 3.04. The molecule has 0 bridgehead atoms. The van der Waals surface area contributed by atoms with Gasteiger partial charge in [0.05, 0.1) is 5.60 Å². The fourth-order valence-corrected chi connectivity index (χ4v) is 2.02. The van der Waals surface area contributed by atoms with E-state index in [9.17, 15) is 4.79 Å². The Morgan fingerprint density at radius 3 is 2.00 bits per heavy atom. The molecule has 0 saturated carbocycles. The molecule has 4 heteroatoms. The van der Waals surface area contributed by atoms with Gasteiger partial charge in [0.15, 0.2) is 6.10 Å². The fraction of sp³-hybridized carbons (Fsp3) is 0.909. The Kier molecular flexibility index (Phi) is 4.74. The van der Waals surface area contributed by atoms with Crippen LogP contribution in [0.15, 0.2) is 0 Å². The van der Waals surface area contributed by atoms with Crippen molar-refractivity contribution < 1.29 is 19.4 Å². The fourth-order valence-electron chi connectivity index (χ4n) is 2.02. The number of rotatable bonds is 6. The summed E-state index contributed by atoms with van der Waals surface area (Å²) >= 11 is 0. The highest BCUT2D eigenvalue weighted by molar-refractivity contribution is 5.73. The number of methoxy groups -OCH3 is 2. The van der Waals surface area contributed by atoms with E-state index in [4.69, 9.17) is 14.6 Å². The molecule has 0 aliphatic rings. The number of carboxylic acids is 1. The van der Waals surface area contributed by atoms with Crippen LogP contribution >= 0.6 is 0 Å². The molecule has 90 valence electrons. The molecule has 0 aliphatic heterocycles. The number of carbonyl (C=O) groups is 1. The van der Waals surface area contributed by atoms with Gasteiger partial charge in [-0.25, -0.2) is 4.79 Å². The lowest BCUT2D eigenvalue weighted by Gasteiger charge is -2.37. The second-order valence-corrected chi connectivity index (χ2v) is 5.08. The van der Waals surface area contributed by atoms with Gasteiger partial charge >= 0.3 is 5.97 Å². The molecule has 0 heterocycles. The first kappa shape index (κ1) is 14.4. The van der Waals surface area contributed by atoms with Gasteiger partial charge in [0, 0.05) is 19.6 Å². The van der Waals surface area contributed by atoms with E-state index in [2.05, 4.69) is 0 Å². The number of hydrogen-bond donors (Lipinski definition) is 1. The summed E-state index contributed by atoms with van der Waals surface area (Å²) in [5.74, 6) is -0.936. The lowest BCUT2D eigenvalue weighted by molar-refractivity contribution is -0.159. The van der Waals surface area contributed by atoms with Crippen molar-refractivity contribution in [1.29, 1.82) is 0 Å². The third-order valence-electron chi connectivity index (χ3n) is 2.60. The van der Waals surface area contributed by atoms with Crippen LogP contribution in [0.2, 0.25) is 0 Å². The SMILES string of the molecule is COC(C(=O)O)C(C)(C)CC(C)(C)OC. The topological polar surface area (TPSA) is 55.8 Å². The normalized spacial score (nSPS) is 15.1. The summed E-state index contributed by atoms with van der Waals surface area (Å²) in [5.41, 5.74) is -0.824. The van der Waals surface area contributed by atoms with Crippen molar-refractivity contribution in [2.75, 3.05) is 14.2 Å². The summed E-state index contributed by atoms with van der Waals surface area (Å²) < 4.78 is 10.3. The molecule has 0 amide bonds. The molecule has 0 aromatic rings. The van der Waals surface area contributed by atoms with E-state index in [-0.39, 0.29) is 5.60 Å². The highest BCUT2D eigenvalue weighted by Gasteiger charge is 2.39. The lowest BCUT2D eigenvalue weighted by Crippen LogP contribution is -2.43. The first-order valence-electron chi connectivity index (χ1n) is 4.97. The van der Waals surface area contributed by atoms with Crippen LogP contribution in [0.4, 0.5) is 0 Å². The minimum Gasteiger partial charge on any atom is -0.479 e. The molecule has 1 atom stereocenters. The zero-order valence-electron chi connectivity index (χ0n) is 10.5. The van der Waals surface area contributed by atoms with Crippen LogP contribution in [0.1, 0.15) is 34.1 Å². The molecule has 0 aromatic heterocycles. The van der Waals surface area contributed by atoms with Gasteiger partial charge in [-0.1, -0.05) is 13.8 Å². The Morgan fingerprint density at radius 2 is 1.73 bits per heavy atom. The number of hydrogen-bond acceptors (Lipinski definition) is 3. The monoisotopic (exact) mass is 218 g/mol. The second-order valence-electron chi connectivity index (χ2n) is 5.08. The number of aliphatic carboxylic acids is 1. The molecule has 0 radical (unpaired) electrons. The Labute approximate surface area is 91.6 Å². The molecule has 0 rings (SSSR count). The standard InChI is InChI=1S/C11H22O4/c1-10(2,7-11(3,4)15-6)8(14-5)9(12)13/h8H,7H2,1-6H3,(H,12,13). The molecular weight excluding hydrogens is 196 g/mol. The first-order valence-corrected chi connectivity index (χ1v) is 4.97. The Bertz CT molecular complexity index is 221. The van der Waals surface area contributed by atoms with Gasteiger partial charge in [-0.15, -0.1) is 0 Å². The molecule has 1 unspecified atom stereocenters. The van der Waals surface area contributed by atoms with Gasteiger partial charge in [0.25, 0.3) is 0 Å². The van der Waals surface area contributed by atoms with Crippen molar-refractivity contribution in [3.05, 3.63) is 0 Å². The first-order chi connectivity index (χ1) is 6.66. The predicted molar refractivity (Wildman–Crippen MR) is 57.9 cm³/mol. The van der Waals surface area contributed by atoms with E-state index >= 15 is 0 Å². The maximum atomic E-state index is 11.0. The van der Waals surface area contributed by atoms with Crippen LogP contribution in [0, 0.1) is 5.41 Å². The maximum absolute atomic E-state index is 11.0. The van der Waals surface area contributed by atoms with Crippen LogP contribution < -0.4 is 0 Å². The number of carboxylic acid groups (broad SMARTS) is 1. The highest BCUT2D eigenvalue weighted by atomic mass is 16.5. The van der Waals surface area contributed by atoms with Gasteiger partial charge in [-0.2, -0.15) is 0 Å². The third-order valence-corrected chi connectivity index (χ3v) is 2.60. The van der Waals surface area contributed by atoms with Crippen molar-refractivity contribution in [1.82, 2.24) is 0 Å². The highest BCUT2D eigenvalue weighted by Crippen LogP contribution is 2.34. The second kappa shape index (κ2) is 4.94. The summed E-state index contributed by atoms with van der Waals surface area (Å²) in [4.78, 5) is 11.0. The molecule has 0 fully saturated rings. The van der Waals surface area contributed by atoms with E-state index in [1.165, 1.54) is 7.11 Å². The summed E-state index contributed by atoms with van der Waals surface area (Å²) in [5, 5.41) is 9.01. The number of ether oxygens (including phenoxy) is 2. The van der Waals surface area contributed by atoms with Crippen LogP contribution in [0.5, 0.6) is 0 Å². The van der Waals surface area contributed by atoms with E-state index in [0.717, 1.165) is 0 Å². The molecule has 4 nitrogen and oxygen atoms in total. The van der Waals surface area contributed by atoms with Gasteiger partial charge in [0.1, 0.15) is 0 Å². The van der Waals surface area contributed by atoms with Crippen molar-refractivity contribution in [3.63, 3.8) is 0 Å². The Morgan fingerprint density at radius 1 is 1.27 bits per heavy atom. The van der Waals surface area contributed by atoms with Crippen molar-refractivity contribution in [3.8, 4) is 0 Å². The minimum atomic E-state index is -0.936. The average Bonchev–Trinajstić information content (AvgIpc) is 2.01. The predicted octanol–water partition coefficient (Wildman–Crippen LogP) is 1.93. The molecule has 1 N–H and O–H groups in total. The lowest BCUT2D eigenvalue weighted by atomic mass is 9.77. The van der Waals surface area contributed by atoms with Crippen molar-refractivity contribution in [2.24, 2.45) is 5.41 Å². The molecule has 0 spiro atoms. The molecular formula is C11H22O4. The zero-order chi connectivity index (χ0) is 12.3. The Hall–Kier alpha value is -0.610. The van der Waals surface area contributed by atoms with Gasteiger partial charge in [-0.05, 0) is 20.3 Å². The largest absolute Gasteiger partial charge is 0.479 e. The molecule has 0 aliphatic carbocycles. The van der Waals surface area contributed by atoms with Gasteiger partial charge in [-0.3, -0.25) is 0 Å². The van der Waals surface area contributed by atoms with E-state index < -0.39 is 17.5 Å². The Balaban J connectivity index is 4.72. The van der Waals surface area contributed by atoms with Crippen molar-refractivity contribution >= 4 is 5.97 Å². The minimum absolute atomic E-state index is 0.351. The quantitative estimate of drug-likeness (QED) is 0.740. The van der Waals surface area contributed by atoms with E-state index in [0.29, 0.717) is 6.42 Å². The van der Waals surface area contributed by atoms with Crippen LogP contribution in [-0.2, 0) is 14.3 Å². The average molecular weight is 218 g/mol. The third kappa shape index (κ3) is 4.18. The summed E-state index contributed by atoms with van der Waals surface area (Å²) in [6.07, 6.45) is -0.201. The van der Waals surface area contributed by atoms with Crippen LogP contribution in [0.3, 0.4) is 0 Å². The smallest absolute Gasteiger partial charge is 0.333 e. The van der Waals surface area contributed by atoms with E-state index in [1.54, 1.807) is 7.11 Å². The van der Waals surface area contributed by atoms with Crippen LogP contribution in [0.25, 0.3) is 0 Å². The maximum Gasteiger partial charge on any atom is 0.333 e. The molecule has 0 aromatic carbocycles. The molecule has 15 heavy (non-hydrogen) atoms. The zero-order valence-corrected chi connectivity index (χ0v) is 10.5. The van der Waals surface area contributed by atoms with Gasteiger partial charge in [0.2, 0.25) is 0 Å². The summed E-state index contributed by atoms with van der Waals surface area (Å²) in [6, 6.07) is 0. The van der Waals surface area contributed by atoms with Crippen molar-refractivity contribution in [2.45, 2.75) is 45.8 Å². The summed E-state index contributed by atoms with van der Waals surface area (Å²) in [6.45, 7) is 7.61. The van der Waals surface area contributed by atoms with E-state index in [1.807, 2.05) is 27.7 Å².